The van der Waals surface area contributed by atoms with Crippen LogP contribution in [0.1, 0.15) is 23.2 Å². The molecule has 0 aliphatic carbocycles. The Bertz CT molecular complexity index is 992. The average Bonchev–Trinajstić information content (AvgIpc) is 2.97. The van der Waals surface area contributed by atoms with Crippen molar-refractivity contribution in [2.45, 2.75) is 32.2 Å². The number of halogens is 1. The number of nitrogens with one attached hydrogen (secondary N) is 1. The summed E-state index contributed by atoms with van der Waals surface area (Å²) in [5.41, 5.74) is 1.65. The smallest absolute Gasteiger partial charge is 0.278 e. The first-order chi connectivity index (χ1) is 10.8. The van der Waals surface area contributed by atoms with Gasteiger partial charge in [-0.1, -0.05) is 29.9 Å². The predicted octanol–water partition coefficient (Wildman–Crippen LogP) is 3.42. The van der Waals surface area contributed by atoms with E-state index in [-0.39, 0.29) is 5.03 Å². The van der Waals surface area contributed by atoms with Gasteiger partial charge in [-0.2, -0.15) is 18.0 Å². The zero-order valence-electron chi connectivity index (χ0n) is 12.8. The lowest BCUT2D eigenvalue weighted by Gasteiger charge is -2.10. The standard InChI is InChI=1S/C14H15ClN4O2S2/c1-4-12-17-19-13(9(3)16-14(19)22-12)23(20,21)18-11-6-5-10(15)7-8(11)2/h5-7,18H,4H2,1-3H3. The maximum atomic E-state index is 12.8. The maximum Gasteiger partial charge on any atom is 0.281 e. The molecule has 9 heteroatoms. The number of hydrogen-bond donors (Lipinski definition) is 1. The molecule has 0 amide bonds. The molecule has 2 heterocycles. The lowest BCUT2D eigenvalue weighted by molar-refractivity contribution is 0.592. The summed E-state index contributed by atoms with van der Waals surface area (Å²) in [5.74, 6) is 0. The summed E-state index contributed by atoms with van der Waals surface area (Å²) >= 11 is 7.30. The van der Waals surface area contributed by atoms with E-state index in [1.807, 2.05) is 6.92 Å². The number of hydrogen-bond acceptors (Lipinski definition) is 5. The minimum Gasteiger partial charge on any atom is -0.278 e. The van der Waals surface area contributed by atoms with Crippen LogP contribution in [0.2, 0.25) is 5.02 Å². The Morgan fingerprint density at radius 3 is 2.74 bits per heavy atom. The molecule has 1 aromatic carbocycles. The second-order valence-electron chi connectivity index (χ2n) is 5.11. The molecule has 0 bridgehead atoms. The Balaban J connectivity index is 2.08. The third-order valence-electron chi connectivity index (χ3n) is 3.36. The number of rotatable bonds is 4. The van der Waals surface area contributed by atoms with Gasteiger partial charge < -0.3 is 0 Å². The van der Waals surface area contributed by atoms with Crippen LogP contribution in [0.4, 0.5) is 5.69 Å². The molecule has 0 saturated carbocycles. The van der Waals surface area contributed by atoms with Crippen molar-refractivity contribution in [1.82, 2.24) is 14.6 Å². The van der Waals surface area contributed by atoms with Crippen LogP contribution < -0.4 is 4.72 Å². The Labute approximate surface area is 143 Å². The number of imidazole rings is 1. The van der Waals surface area contributed by atoms with Crippen molar-refractivity contribution in [2.24, 2.45) is 0 Å². The van der Waals surface area contributed by atoms with Gasteiger partial charge >= 0.3 is 0 Å². The SMILES string of the molecule is CCc1nn2c(S(=O)(=O)Nc3ccc(Cl)cc3C)c(C)nc2s1. The molecule has 3 aromatic rings. The summed E-state index contributed by atoms with van der Waals surface area (Å²) in [7, 11) is -3.81. The maximum absolute atomic E-state index is 12.8. The van der Waals surface area contributed by atoms with E-state index in [1.54, 1.807) is 32.0 Å². The van der Waals surface area contributed by atoms with Crippen molar-refractivity contribution in [2.75, 3.05) is 4.72 Å². The molecule has 0 fully saturated rings. The van der Waals surface area contributed by atoms with E-state index >= 15 is 0 Å². The molecule has 0 spiro atoms. The summed E-state index contributed by atoms with van der Waals surface area (Å²) in [6.45, 7) is 5.42. The topological polar surface area (TPSA) is 76.4 Å². The molecule has 0 aliphatic heterocycles. The first-order valence-electron chi connectivity index (χ1n) is 6.96. The molecule has 2 aromatic heterocycles. The Hall–Kier alpha value is -1.64. The van der Waals surface area contributed by atoms with E-state index in [0.717, 1.165) is 17.0 Å². The number of benzene rings is 1. The van der Waals surface area contributed by atoms with Crippen molar-refractivity contribution in [1.29, 1.82) is 0 Å². The van der Waals surface area contributed by atoms with Crippen LogP contribution in [-0.2, 0) is 16.4 Å². The highest BCUT2D eigenvalue weighted by Gasteiger charge is 2.26. The number of anilines is 1. The monoisotopic (exact) mass is 370 g/mol. The first-order valence-corrected chi connectivity index (χ1v) is 9.63. The minimum atomic E-state index is -3.81. The normalized spacial score (nSPS) is 12.0. The van der Waals surface area contributed by atoms with E-state index < -0.39 is 10.0 Å². The number of nitrogens with zero attached hydrogens (tertiary/aromatic N) is 3. The van der Waals surface area contributed by atoms with Crippen LogP contribution in [-0.4, -0.2) is 23.0 Å². The second kappa shape index (κ2) is 5.77. The molecule has 1 N–H and O–H groups in total. The molecular weight excluding hydrogens is 356 g/mol. The Morgan fingerprint density at radius 2 is 2.09 bits per heavy atom. The highest BCUT2D eigenvalue weighted by molar-refractivity contribution is 7.92. The van der Waals surface area contributed by atoms with Crippen molar-refractivity contribution in [3.05, 3.63) is 39.5 Å². The molecule has 6 nitrogen and oxygen atoms in total. The fraction of sp³-hybridized carbons (Fsp3) is 0.286. The van der Waals surface area contributed by atoms with Crippen LogP contribution in [0, 0.1) is 13.8 Å². The molecule has 0 saturated heterocycles. The van der Waals surface area contributed by atoms with E-state index in [0.29, 0.717) is 21.4 Å². The highest BCUT2D eigenvalue weighted by atomic mass is 35.5. The van der Waals surface area contributed by atoms with Crippen LogP contribution in [0.15, 0.2) is 23.2 Å². The molecule has 3 rings (SSSR count). The third-order valence-corrected chi connectivity index (χ3v) is 6.11. The molecule has 0 atom stereocenters. The van der Waals surface area contributed by atoms with Crippen molar-refractivity contribution < 1.29 is 8.42 Å². The van der Waals surface area contributed by atoms with Gasteiger partial charge in [-0.15, -0.1) is 0 Å². The highest BCUT2D eigenvalue weighted by Crippen LogP contribution is 2.26. The van der Waals surface area contributed by atoms with E-state index in [9.17, 15) is 8.42 Å². The van der Waals surface area contributed by atoms with Gasteiger partial charge in [-0.25, -0.2) is 4.98 Å². The van der Waals surface area contributed by atoms with Crippen LogP contribution in [0.25, 0.3) is 4.96 Å². The fourth-order valence-corrected chi connectivity index (χ4v) is 4.82. The number of aryl methyl sites for hydroxylation is 3. The Morgan fingerprint density at radius 1 is 1.35 bits per heavy atom. The van der Waals surface area contributed by atoms with Gasteiger partial charge in [0.25, 0.3) is 10.0 Å². The predicted molar refractivity (Wildman–Crippen MR) is 92.0 cm³/mol. The molecule has 0 radical (unpaired) electrons. The quantitative estimate of drug-likeness (QED) is 0.763. The summed E-state index contributed by atoms with van der Waals surface area (Å²) in [4.78, 5) is 4.88. The van der Waals surface area contributed by atoms with Crippen molar-refractivity contribution >= 4 is 43.6 Å². The van der Waals surface area contributed by atoms with Crippen molar-refractivity contribution in [3.63, 3.8) is 0 Å². The summed E-state index contributed by atoms with van der Waals surface area (Å²) in [6.07, 6.45) is 0.732. The molecular formula is C14H15ClN4O2S2. The van der Waals surface area contributed by atoms with Crippen LogP contribution >= 0.6 is 22.9 Å². The van der Waals surface area contributed by atoms with Gasteiger partial charge in [0.15, 0.2) is 0 Å². The van der Waals surface area contributed by atoms with E-state index in [1.165, 1.54) is 15.9 Å². The zero-order chi connectivity index (χ0) is 16.8. The first kappa shape index (κ1) is 16.2. The third kappa shape index (κ3) is 2.93. The van der Waals surface area contributed by atoms with Gasteiger partial charge in [-0.05, 0) is 44.0 Å². The molecule has 23 heavy (non-hydrogen) atoms. The van der Waals surface area contributed by atoms with E-state index in [4.69, 9.17) is 11.6 Å². The summed E-state index contributed by atoms with van der Waals surface area (Å²) < 4.78 is 29.6. The fourth-order valence-electron chi connectivity index (χ4n) is 2.26. The van der Waals surface area contributed by atoms with Gasteiger partial charge in [0.2, 0.25) is 9.99 Å². The van der Waals surface area contributed by atoms with Gasteiger partial charge in [0, 0.05) is 5.02 Å². The van der Waals surface area contributed by atoms with E-state index in [2.05, 4.69) is 14.8 Å². The molecule has 0 aliphatic rings. The molecule has 0 unspecified atom stereocenters. The number of sulfonamides is 1. The number of aromatic nitrogens is 3. The number of fused-ring (bicyclic) bond motifs is 1. The average molecular weight is 371 g/mol. The molecule has 122 valence electrons. The van der Waals surface area contributed by atoms with Gasteiger partial charge in [0.05, 0.1) is 11.4 Å². The summed E-state index contributed by atoms with van der Waals surface area (Å²) in [5, 5.41) is 5.79. The van der Waals surface area contributed by atoms with Crippen molar-refractivity contribution in [3.8, 4) is 0 Å². The Kier molecular flexibility index (Phi) is 4.07. The lowest BCUT2D eigenvalue weighted by atomic mass is 10.2. The van der Waals surface area contributed by atoms with Gasteiger partial charge in [-0.3, -0.25) is 4.72 Å². The van der Waals surface area contributed by atoms with Gasteiger partial charge in [0.1, 0.15) is 5.01 Å². The second-order valence-corrected chi connectivity index (χ2v) is 8.19. The lowest BCUT2D eigenvalue weighted by Crippen LogP contribution is -2.17. The summed E-state index contributed by atoms with van der Waals surface area (Å²) in [6, 6.07) is 4.99. The largest absolute Gasteiger partial charge is 0.281 e. The zero-order valence-corrected chi connectivity index (χ0v) is 15.2. The van der Waals surface area contributed by atoms with Crippen LogP contribution in [0.3, 0.4) is 0 Å². The van der Waals surface area contributed by atoms with Crippen LogP contribution in [0.5, 0.6) is 0 Å². The minimum absolute atomic E-state index is 0.0674.